The molecule has 0 aliphatic rings. The maximum absolute atomic E-state index is 9.95. The van der Waals surface area contributed by atoms with Gasteiger partial charge in [0.25, 0.3) is 0 Å². The highest BCUT2D eigenvalue weighted by atomic mass is 35.5. The van der Waals surface area contributed by atoms with Crippen molar-refractivity contribution in [3.63, 3.8) is 0 Å². The summed E-state index contributed by atoms with van der Waals surface area (Å²) >= 11 is 23.8. The van der Waals surface area contributed by atoms with Crippen LogP contribution in [0.4, 0.5) is 5.69 Å². The number of para-hydroxylation sites is 1. The summed E-state index contributed by atoms with van der Waals surface area (Å²) in [6, 6.07) is 10.1. The Balaban J connectivity index is 1.87. The van der Waals surface area contributed by atoms with Crippen LogP contribution >= 0.6 is 46.4 Å². The van der Waals surface area contributed by atoms with Gasteiger partial charge in [0.2, 0.25) is 0 Å². The highest BCUT2D eigenvalue weighted by Crippen LogP contribution is 2.32. The molecule has 2 aromatic carbocycles. The molecular weight excluding hydrogens is 368 g/mol. The number of rotatable bonds is 6. The van der Waals surface area contributed by atoms with Crippen molar-refractivity contribution in [2.75, 3.05) is 18.5 Å². The second-order valence-electron chi connectivity index (χ2n) is 4.55. The molecule has 7 heteroatoms. The van der Waals surface area contributed by atoms with Crippen LogP contribution in [0, 0.1) is 0 Å². The number of anilines is 1. The summed E-state index contributed by atoms with van der Waals surface area (Å²) in [7, 11) is 0. The molecule has 3 nitrogen and oxygen atoms in total. The van der Waals surface area contributed by atoms with Gasteiger partial charge < -0.3 is 15.2 Å². The lowest BCUT2D eigenvalue weighted by Gasteiger charge is -2.15. The Labute approximate surface area is 148 Å². The van der Waals surface area contributed by atoms with E-state index in [2.05, 4.69) is 5.32 Å². The minimum Gasteiger partial charge on any atom is -0.488 e. The van der Waals surface area contributed by atoms with Gasteiger partial charge in [0.15, 0.2) is 5.75 Å². The number of ether oxygens (including phenoxy) is 1. The summed E-state index contributed by atoms with van der Waals surface area (Å²) in [4.78, 5) is 0. The smallest absolute Gasteiger partial charge is 0.156 e. The van der Waals surface area contributed by atoms with Crippen LogP contribution in [-0.2, 0) is 0 Å². The molecule has 0 fully saturated rings. The van der Waals surface area contributed by atoms with Gasteiger partial charge in [-0.3, -0.25) is 0 Å². The zero-order valence-electron chi connectivity index (χ0n) is 11.3. The lowest BCUT2D eigenvalue weighted by molar-refractivity contribution is 0.117. The predicted octanol–water partition coefficient (Wildman–Crippen LogP) is 5.15. The standard InChI is InChI=1S/C15H13Cl4NO2/c16-9-4-10(17)6-11(5-9)20-7-12(21)8-22-15-13(18)2-1-3-14(15)19/h1-6,12,20-21H,7-8H2. The van der Waals surface area contributed by atoms with E-state index in [1.165, 1.54) is 0 Å². The molecule has 0 aromatic heterocycles. The molecule has 0 aliphatic carbocycles. The van der Waals surface area contributed by atoms with Gasteiger partial charge in [0.1, 0.15) is 12.7 Å². The van der Waals surface area contributed by atoms with E-state index >= 15 is 0 Å². The second kappa shape index (κ2) is 8.14. The Morgan fingerprint density at radius 3 is 2.18 bits per heavy atom. The Bertz CT molecular complexity index is 611. The molecule has 0 amide bonds. The minimum absolute atomic E-state index is 0.0464. The summed E-state index contributed by atoms with van der Waals surface area (Å²) < 4.78 is 5.46. The fourth-order valence-electron chi connectivity index (χ4n) is 1.75. The Kier molecular flexibility index (Phi) is 6.48. The third-order valence-electron chi connectivity index (χ3n) is 2.74. The summed E-state index contributed by atoms with van der Waals surface area (Å²) in [5.41, 5.74) is 0.715. The number of halogens is 4. The second-order valence-corrected chi connectivity index (χ2v) is 6.24. The van der Waals surface area contributed by atoms with Crippen LogP contribution < -0.4 is 10.1 Å². The molecule has 2 aromatic rings. The lowest BCUT2D eigenvalue weighted by atomic mass is 10.3. The molecule has 22 heavy (non-hydrogen) atoms. The van der Waals surface area contributed by atoms with Gasteiger partial charge in [0, 0.05) is 22.3 Å². The van der Waals surface area contributed by atoms with E-state index in [0.29, 0.717) is 31.5 Å². The first-order valence-electron chi connectivity index (χ1n) is 6.40. The van der Waals surface area contributed by atoms with Crippen LogP contribution in [0.25, 0.3) is 0 Å². The van der Waals surface area contributed by atoms with Crippen LogP contribution in [-0.4, -0.2) is 24.4 Å². The summed E-state index contributed by atoms with van der Waals surface area (Å²) in [5.74, 6) is 0.357. The molecule has 0 bridgehead atoms. The maximum atomic E-state index is 9.95. The number of aliphatic hydroxyl groups excluding tert-OH is 1. The third-order valence-corrected chi connectivity index (χ3v) is 3.78. The molecule has 0 spiro atoms. The predicted molar refractivity (Wildman–Crippen MR) is 92.9 cm³/mol. The number of aliphatic hydroxyl groups is 1. The van der Waals surface area contributed by atoms with Crippen molar-refractivity contribution in [1.29, 1.82) is 0 Å². The van der Waals surface area contributed by atoms with Gasteiger partial charge in [-0.1, -0.05) is 52.5 Å². The number of benzene rings is 2. The normalized spacial score (nSPS) is 12.0. The van der Waals surface area contributed by atoms with Crippen LogP contribution in [0.2, 0.25) is 20.1 Å². The topological polar surface area (TPSA) is 41.5 Å². The van der Waals surface area contributed by atoms with Gasteiger partial charge in [0.05, 0.1) is 10.0 Å². The molecule has 0 saturated heterocycles. The monoisotopic (exact) mass is 379 g/mol. The Morgan fingerprint density at radius 2 is 1.59 bits per heavy atom. The molecule has 2 rings (SSSR count). The van der Waals surface area contributed by atoms with Crippen LogP contribution in [0.3, 0.4) is 0 Å². The number of hydrogen-bond donors (Lipinski definition) is 2. The molecule has 0 radical (unpaired) electrons. The van der Waals surface area contributed by atoms with E-state index in [1.807, 2.05) is 0 Å². The van der Waals surface area contributed by atoms with Crippen molar-refractivity contribution in [2.45, 2.75) is 6.10 Å². The van der Waals surface area contributed by atoms with Gasteiger partial charge in [-0.2, -0.15) is 0 Å². The molecular formula is C15H13Cl4NO2. The fourth-order valence-corrected chi connectivity index (χ4v) is 2.78. The first kappa shape index (κ1) is 17.5. The van der Waals surface area contributed by atoms with Crippen LogP contribution in [0.1, 0.15) is 0 Å². The third kappa shape index (κ3) is 5.11. The average molecular weight is 381 g/mol. The largest absolute Gasteiger partial charge is 0.488 e. The Morgan fingerprint density at radius 1 is 1.00 bits per heavy atom. The first-order valence-corrected chi connectivity index (χ1v) is 7.91. The molecule has 0 saturated carbocycles. The van der Waals surface area contributed by atoms with Crippen LogP contribution in [0.5, 0.6) is 5.75 Å². The lowest BCUT2D eigenvalue weighted by Crippen LogP contribution is -2.26. The molecule has 1 unspecified atom stereocenters. The van der Waals surface area contributed by atoms with E-state index in [9.17, 15) is 5.11 Å². The highest BCUT2D eigenvalue weighted by molar-refractivity contribution is 6.37. The van der Waals surface area contributed by atoms with Crippen molar-refractivity contribution in [2.24, 2.45) is 0 Å². The van der Waals surface area contributed by atoms with E-state index in [-0.39, 0.29) is 13.2 Å². The van der Waals surface area contributed by atoms with Gasteiger partial charge in [-0.15, -0.1) is 0 Å². The molecule has 2 N–H and O–H groups in total. The van der Waals surface area contributed by atoms with Gasteiger partial charge in [-0.05, 0) is 30.3 Å². The highest BCUT2D eigenvalue weighted by Gasteiger charge is 2.10. The van der Waals surface area contributed by atoms with E-state index < -0.39 is 6.10 Å². The molecule has 0 heterocycles. The summed E-state index contributed by atoms with van der Waals surface area (Å²) in [6.45, 7) is 0.309. The molecule has 0 aliphatic heterocycles. The number of hydrogen-bond acceptors (Lipinski definition) is 3. The average Bonchev–Trinajstić information content (AvgIpc) is 2.43. The number of nitrogens with one attached hydrogen (secondary N) is 1. The van der Waals surface area contributed by atoms with Crippen molar-refractivity contribution in [1.82, 2.24) is 0 Å². The van der Waals surface area contributed by atoms with E-state index in [1.54, 1.807) is 36.4 Å². The van der Waals surface area contributed by atoms with Crippen LogP contribution in [0.15, 0.2) is 36.4 Å². The Hall–Kier alpha value is -0.840. The quantitative estimate of drug-likeness (QED) is 0.727. The van der Waals surface area contributed by atoms with E-state index in [4.69, 9.17) is 51.1 Å². The van der Waals surface area contributed by atoms with Crippen molar-refractivity contribution in [3.05, 3.63) is 56.5 Å². The van der Waals surface area contributed by atoms with Crippen molar-refractivity contribution >= 4 is 52.1 Å². The SMILES string of the molecule is OC(CNc1cc(Cl)cc(Cl)c1)COc1c(Cl)cccc1Cl. The van der Waals surface area contributed by atoms with Crippen molar-refractivity contribution in [3.8, 4) is 5.75 Å². The first-order chi connectivity index (χ1) is 10.5. The van der Waals surface area contributed by atoms with Gasteiger partial charge in [-0.25, -0.2) is 0 Å². The molecule has 1 atom stereocenters. The zero-order chi connectivity index (χ0) is 16.1. The summed E-state index contributed by atoms with van der Waals surface area (Å²) in [5, 5.41) is 14.8. The maximum Gasteiger partial charge on any atom is 0.156 e. The molecule has 118 valence electrons. The minimum atomic E-state index is -0.759. The van der Waals surface area contributed by atoms with E-state index in [0.717, 1.165) is 0 Å². The summed E-state index contributed by atoms with van der Waals surface area (Å²) in [6.07, 6.45) is -0.759. The van der Waals surface area contributed by atoms with Crippen molar-refractivity contribution < 1.29 is 9.84 Å². The zero-order valence-corrected chi connectivity index (χ0v) is 14.3. The fraction of sp³-hybridized carbons (Fsp3) is 0.200. The van der Waals surface area contributed by atoms with Gasteiger partial charge >= 0.3 is 0 Å².